The van der Waals surface area contributed by atoms with Crippen molar-refractivity contribution in [2.45, 2.75) is 45.6 Å². The zero-order valence-electron chi connectivity index (χ0n) is 15.4. The van der Waals surface area contributed by atoms with Crippen molar-refractivity contribution in [2.24, 2.45) is 0 Å². The van der Waals surface area contributed by atoms with Crippen LogP contribution in [-0.2, 0) is 21.6 Å². The van der Waals surface area contributed by atoms with Crippen LogP contribution in [0.5, 0.6) is 0 Å². The number of anilines is 1. The molecule has 140 valence electrons. The molecular weight excluding hydrogens is 336 g/mol. The summed E-state index contributed by atoms with van der Waals surface area (Å²) in [4.78, 5) is 28.1. The summed E-state index contributed by atoms with van der Waals surface area (Å²) in [5, 5.41) is 18.9. The topological polar surface area (TPSA) is 117 Å². The number of carbonyl (C=O) groups is 2. The highest BCUT2D eigenvalue weighted by Crippen LogP contribution is 2.22. The first-order valence-electron chi connectivity index (χ1n) is 8.41. The molecule has 2 aromatic rings. The Balaban J connectivity index is 1.85. The minimum Gasteiger partial charge on any atom is -0.386 e. The van der Waals surface area contributed by atoms with Gasteiger partial charge >= 0.3 is 11.8 Å². The van der Waals surface area contributed by atoms with Gasteiger partial charge in [-0.1, -0.05) is 31.1 Å². The van der Waals surface area contributed by atoms with E-state index in [1.807, 2.05) is 13.8 Å². The molecule has 2 amide bonds. The second-order valence-electron chi connectivity index (χ2n) is 6.80. The number of hydrogen-bond donors (Lipinski definition) is 3. The number of hydrogen-bond acceptors (Lipinski definition) is 6. The fourth-order valence-electron chi connectivity index (χ4n) is 2.13. The van der Waals surface area contributed by atoms with Crippen molar-refractivity contribution in [3.63, 3.8) is 0 Å². The fourth-order valence-corrected chi connectivity index (χ4v) is 2.13. The lowest BCUT2D eigenvalue weighted by Gasteiger charge is -2.18. The Bertz CT molecular complexity index is 777. The van der Waals surface area contributed by atoms with Crippen molar-refractivity contribution in [1.82, 2.24) is 15.5 Å². The van der Waals surface area contributed by atoms with Crippen LogP contribution in [0.2, 0.25) is 0 Å². The molecule has 0 spiro atoms. The number of nitrogens with zero attached hydrogens (tertiary/aromatic N) is 2. The first-order valence-corrected chi connectivity index (χ1v) is 8.41. The molecule has 0 unspecified atom stereocenters. The molecule has 0 bridgehead atoms. The van der Waals surface area contributed by atoms with Gasteiger partial charge in [-0.25, -0.2) is 0 Å². The molecule has 0 saturated carbocycles. The van der Waals surface area contributed by atoms with Gasteiger partial charge in [-0.2, -0.15) is 4.98 Å². The van der Waals surface area contributed by atoms with Crippen molar-refractivity contribution >= 4 is 17.5 Å². The van der Waals surface area contributed by atoms with E-state index in [2.05, 4.69) is 20.8 Å². The summed E-state index contributed by atoms with van der Waals surface area (Å²) in [5.74, 6) is -0.371. The summed E-state index contributed by atoms with van der Waals surface area (Å²) >= 11 is 0. The minimum atomic E-state index is -1.04. The summed E-state index contributed by atoms with van der Waals surface area (Å²) < 4.78 is 5.07. The maximum atomic E-state index is 12.0. The quantitative estimate of drug-likeness (QED) is 0.675. The van der Waals surface area contributed by atoms with Crippen LogP contribution >= 0.6 is 0 Å². The summed E-state index contributed by atoms with van der Waals surface area (Å²) in [6.45, 7) is 7.39. The van der Waals surface area contributed by atoms with Crippen LogP contribution in [0.3, 0.4) is 0 Å². The Morgan fingerprint density at radius 1 is 1.27 bits per heavy atom. The number of carbonyl (C=O) groups excluding carboxylic acids is 2. The molecule has 0 aliphatic heterocycles. The molecule has 0 radical (unpaired) electrons. The van der Waals surface area contributed by atoms with Gasteiger partial charge in [0.05, 0.1) is 5.60 Å². The highest BCUT2D eigenvalue weighted by atomic mass is 16.5. The fraction of sp³-hybridized carbons (Fsp3) is 0.444. The van der Waals surface area contributed by atoms with Gasteiger partial charge in [-0.05, 0) is 31.5 Å². The highest BCUT2D eigenvalue weighted by Gasteiger charge is 2.18. The SMILES string of the molecule is CC(C)c1noc(CCNC(=O)C(=O)Nc2cccc(C(C)(C)O)c2)n1. The first-order chi connectivity index (χ1) is 12.2. The zero-order valence-corrected chi connectivity index (χ0v) is 15.4. The van der Waals surface area contributed by atoms with Gasteiger partial charge < -0.3 is 20.3 Å². The molecule has 2 rings (SSSR count). The van der Waals surface area contributed by atoms with E-state index in [4.69, 9.17) is 4.52 Å². The monoisotopic (exact) mass is 360 g/mol. The van der Waals surface area contributed by atoms with Gasteiger partial charge in [0.15, 0.2) is 5.82 Å². The predicted molar refractivity (Wildman–Crippen MR) is 95.4 cm³/mol. The number of nitrogens with one attached hydrogen (secondary N) is 2. The third-order valence-electron chi connectivity index (χ3n) is 3.66. The highest BCUT2D eigenvalue weighted by molar-refractivity contribution is 6.39. The molecule has 0 saturated heterocycles. The molecule has 1 aromatic carbocycles. The van der Waals surface area contributed by atoms with Crippen LogP contribution in [0.25, 0.3) is 0 Å². The van der Waals surface area contributed by atoms with E-state index >= 15 is 0 Å². The molecule has 0 atom stereocenters. The van der Waals surface area contributed by atoms with Gasteiger partial charge in [0.2, 0.25) is 5.89 Å². The lowest BCUT2D eigenvalue weighted by molar-refractivity contribution is -0.136. The lowest BCUT2D eigenvalue weighted by atomic mass is 9.98. The average Bonchev–Trinajstić information content (AvgIpc) is 3.03. The molecular formula is C18H24N4O4. The van der Waals surface area contributed by atoms with Crippen molar-refractivity contribution in [3.8, 4) is 0 Å². The Labute approximate surface area is 152 Å². The van der Waals surface area contributed by atoms with Gasteiger partial charge in [0.1, 0.15) is 0 Å². The van der Waals surface area contributed by atoms with Crippen LogP contribution in [0.4, 0.5) is 5.69 Å². The van der Waals surface area contributed by atoms with Crippen LogP contribution in [0, 0.1) is 0 Å². The number of benzene rings is 1. The number of aromatic nitrogens is 2. The van der Waals surface area contributed by atoms with Crippen molar-refractivity contribution in [2.75, 3.05) is 11.9 Å². The van der Waals surface area contributed by atoms with E-state index in [-0.39, 0.29) is 12.5 Å². The summed E-state index contributed by atoms with van der Waals surface area (Å²) in [5.41, 5.74) is 0.0263. The molecule has 3 N–H and O–H groups in total. The molecule has 0 aliphatic carbocycles. The molecule has 1 aromatic heterocycles. The Kier molecular flexibility index (Phi) is 6.10. The molecule has 1 heterocycles. The maximum absolute atomic E-state index is 12.0. The van der Waals surface area contributed by atoms with E-state index in [1.54, 1.807) is 38.1 Å². The number of amides is 2. The predicted octanol–water partition coefficient (Wildman–Crippen LogP) is 1.72. The van der Waals surface area contributed by atoms with Gasteiger partial charge in [0.25, 0.3) is 0 Å². The third kappa shape index (κ3) is 5.38. The number of rotatable bonds is 6. The molecule has 26 heavy (non-hydrogen) atoms. The third-order valence-corrected chi connectivity index (χ3v) is 3.66. The first kappa shape index (κ1) is 19.6. The second kappa shape index (κ2) is 8.09. The smallest absolute Gasteiger partial charge is 0.313 e. The van der Waals surface area contributed by atoms with Crippen LogP contribution in [0.15, 0.2) is 28.8 Å². The van der Waals surface area contributed by atoms with E-state index < -0.39 is 17.4 Å². The molecule has 0 fully saturated rings. The second-order valence-corrected chi connectivity index (χ2v) is 6.80. The summed E-state index contributed by atoms with van der Waals surface area (Å²) in [6.07, 6.45) is 0.340. The molecule has 8 heteroatoms. The Morgan fingerprint density at radius 3 is 2.62 bits per heavy atom. The number of aliphatic hydroxyl groups is 1. The summed E-state index contributed by atoms with van der Waals surface area (Å²) in [7, 11) is 0. The molecule has 0 aliphatic rings. The Morgan fingerprint density at radius 2 is 2.00 bits per heavy atom. The minimum absolute atomic E-state index is 0.160. The van der Waals surface area contributed by atoms with Gasteiger partial charge in [-0.15, -0.1) is 0 Å². The van der Waals surface area contributed by atoms with Crippen molar-refractivity contribution < 1.29 is 19.2 Å². The van der Waals surface area contributed by atoms with E-state index in [0.717, 1.165) is 0 Å². The maximum Gasteiger partial charge on any atom is 0.313 e. The van der Waals surface area contributed by atoms with Crippen molar-refractivity contribution in [3.05, 3.63) is 41.5 Å². The average molecular weight is 360 g/mol. The zero-order chi connectivity index (χ0) is 19.3. The Hall–Kier alpha value is -2.74. The normalized spacial score (nSPS) is 11.5. The van der Waals surface area contributed by atoms with Crippen molar-refractivity contribution in [1.29, 1.82) is 0 Å². The molecule has 8 nitrogen and oxygen atoms in total. The standard InChI is InChI=1S/C18H24N4O4/c1-11(2)15-21-14(26-22-15)8-9-19-16(23)17(24)20-13-7-5-6-12(10-13)18(3,4)25/h5-7,10-11,25H,8-9H2,1-4H3,(H,19,23)(H,20,24). The van der Waals surface area contributed by atoms with E-state index in [0.29, 0.717) is 29.4 Å². The van der Waals surface area contributed by atoms with Crippen LogP contribution < -0.4 is 10.6 Å². The van der Waals surface area contributed by atoms with E-state index in [9.17, 15) is 14.7 Å². The van der Waals surface area contributed by atoms with Crippen LogP contribution in [-0.4, -0.2) is 33.6 Å². The largest absolute Gasteiger partial charge is 0.386 e. The van der Waals surface area contributed by atoms with E-state index in [1.165, 1.54) is 0 Å². The summed E-state index contributed by atoms with van der Waals surface area (Å²) in [6, 6.07) is 6.71. The van der Waals surface area contributed by atoms with Gasteiger partial charge in [0, 0.05) is 24.6 Å². The lowest BCUT2D eigenvalue weighted by Crippen LogP contribution is -2.36. The van der Waals surface area contributed by atoms with Gasteiger partial charge in [-0.3, -0.25) is 9.59 Å². The van der Waals surface area contributed by atoms with Crippen LogP contribution in [0.1, 0.15) is 50.9 Å².